The Labute approximate surface area is 180 Å². The van der Waals surface area contributed by atoms with Crippen molar-refractivity contribution in [3.05, 3.63) is 64.1 Å². The first-order valence-electron chi connectivity index (χ1n) is 10.8. The summed E-state index contributed by atoms with van der Waals surface area (Å²) in [6, 6.07) is 13.3. The minimum absolute atomic E-state index is 0.00319. The second-order valence-electron chi connectivity index (χ2n) is 8.10. The maximum atomic E-state index is 13.3. The largest absolute Gasteiger partial charge is 0.490 e. The topological polar surface area (TPSA) is 73.7 Å². The van der Waals surface area contributed by atoms with Gasteiger partial charge in [0.05, 0.1) is 36.8 Å². The number of carbonyl (C=O) groups is 1. The highest BCUT2D eigenvalue weighted by Gasteiger charge is 2.31. The molecule has 0 radical (unpaired) electrons. The molecule has 0 spiro atoms. The molecule has 2 aromatic carbocycles. The van der Waals surface area contributed by atoms with Crippen molar-refractivity contribution in [2.45, 2.75) is 31.7 Å². The lowest BCUT2D eigenvalue weighted by Gasteiger charge is -2.26. The SMILES string of the molecule is Cn1nc(CC(=O)N2CCCC2c2ccc3c(c2)OCCCO3)c2ccccc2c1=O. The average molecular weight is 419 g/mol. The molecule has 1 fully saturated rings. The third kappa shape index (κ3) is 3.65. The lowest BCUT2D eigenvalue weighted by molar-refractivity contribution is -0.131. The van der Waals surface area contributed by atoms with Crippen molar-refractivity contribution in [3.63, 3.8) is 0 Å². The van der Waals surface area contributed by atoms with E-state index in [1.807, 2.05) is 41.3 Å². The number of fused-ring (bicyclic) bond motifs is 2. The fraction of sp³-hybridized carbons (Fsp3) is 0.375. The smallest absolute Gasteiger partial charge is 0.274 e. The zero-order valence-corrected chi connectivity index (χ0v) is 17.5. The highest BCUT2D eigenvalue weighted by molar-refractivity contribution is 5.88. The van der Waals surface area contributed by atoms with Gasteiger partial charge < -0.3 is 14.4 Å². The van der Waals surface area contributed by atoms with Gasteiger partial charge in [0.25, 0.3) is 5.56 Å². The molecule has 3 heterocycles. The molecular formula is C24H25N3O4. The molecule has 5 rings (SSSR count). The first-order chi connectivity index (χ1) is 15.1. The van der Waals surface area contributed by atoms with Crippen molar-refractivity contribution in [1.82, 2.24) is 14.7 Å². The lowest BCUT2D eigenvalue weighted by Crippen LogP contribution is -2.33. The van der Waals surface area contributed by atoms with Crippen LogP contribution < -0.4 is 15.0 Å². The van der Waals surface area contributed by atoms with Crippen LogP contribution in [-0.4, -0.2) is 40.3 Å². The Morgan fingerprint density at radius 3 is 2.68 bits per heavy atom. The van der Waals surface area contributed by atoms with E-state index in [1.54, 1.807) is 13.1 Å². The summed E-state index contributed by atoms with van der Waals surface area (Å²) in [5, 5.41) is 5.73. The molecule has 2 aliphatic rings. The summed E-state index contributed by atoms with van der Waals surface area (Å²) in [5.74, 6) is 1.53. The van der Waals surface area contributed by atoms with Gasteiger partial charge in [-0.05, 0) is 36.6 Å². The Balaban J connectivity index is 1.43. The van der Waals surface area contributed by atoms with Gasteiger partial charge in [-0.2, -0.15) is 5.10 Å². The quantitative estimate of drug-likeness (QED) is 0.653. The summed E-state index contributed by atoms with van der Waals surface area (Å²) in [6.45, 7) is 2.00. The average Bonchev–Trinajstić information content (AvgIpc) is 3.16. The molecule has 0 saturated carbocycles. The van der Waals surface area contributed by atoms with E-state index in [0.717, 1.165) is 41.7 Å². The first-order valence-corrected chi connectivity index (χ1v) is 10.8. The number of carbonyl (C=O) groups excluding carboxylic acids is 1. The van der Waals surface area contributed by atoms with Crippen molar-refractivity contribution in [2.24, 2.45) is 7.05 Å². The molecule has 1 aromatic heterocycles. The number of aromatic nitrogens is 2. The predicted molar refractivity (Wildman–Crippen MR) is 116 cm³/mol. The van der Waals surface area contributed by atoms with Gasteiger partial charge in [-0.3, -0.25) is 9.59 Å². The van der Waals surface area contributed by atoms with Crippen molar-refractivity contribution in [3.8, 4) is 11.5 Å². The molecule has 7 nitrogen and oxygen atoms in total. The van der Waals surface area contributed by atoms with Gasteiger partial charge in [-0.15, -0.1) is 0 Å². The van der Waals surface area contributed by atoms with E-state index in [0.29, 0.717) is 30.8 Å². The predicted octanol–water partition coefficient (Wildman–Crippen LogP) is 3.00. The molecular weight excluding hydrogens is 394 g/mol. The molecule has 31 heavy (non-hydrogen) atoms. The van der Waals surface area contributed by atoms with Crippen LogP contribution in [-0.2, 0) is 18.3 Å². The summed E-state index contributed by atoms with van der Waals surface area (Å²) in [5.41, 5.74) is 1.54. The highest BCUT2D eigenvalue weighted by atomic mass is 16.5. The van der Waals surface area contributed by atoms with Gasteiger partial charge in [0, 0.05) is 25.4 Å². The molecule has 0 aliphatic carbocycles. The fourth-order valence-corrected chi connectivity index (χ4v) is 4.55. The van der Waals surface area contributed by atoms with E-state index in [4.69, 9.17) is 9.47 Å². The van der Waals surface area contributed by atoms with Gasteiger partial charge >= 0.3 is 0 Å². The fourth-order valence-electron chi connectivity index (χ4n) is 4.55. The van der Waals surface area contributed by atoms with Crippen molar-refractivity contribution < 1.29 is 14.3 Å². The molecule has 1 amide bonds. The number of hydrogen-bond acceptors (Lipinski definition) is 5. The van der Waals surface area contributed by atoms with E-state index < -0.39 is 0 Å². The minimum Gasteiger partial charge on any atom is -0.490 e. The summed E-state index contributed by atoms with van der Waals surface area (Å²) < 4.78 is 12.9. The zero-order valence-electron chi connectivity index (χ0n) is 17.5. The van der Waals surface area contributed by atoms with Crippen LogP contribution >= 0.6 is 0 Å². The number of likely N-dealkylation sites (tertiary alicyclic amines) is 1. The zero-order chi connectivity index (χ0) is 21.4. The Hall–Kier alpha value is -3.35. The maximum absolute atomic E-state index is 13.3. The van der Waals surface area contributed by atoms with E-state index in [1.165, 1.54) is 4.68 Å². The summed E-state index contributed by atoms with van der Waals surface area (Å²) in [4.78, 5) is 27.6. The summed E-state index contributed by atoms with van der Waals surface area (Å²) in [7, 11) is 1.62. The molecule has 7 heteroatoms. The molecule has 3 aromatic rings. The highest BCUT2D eigenvalue weighted by Crippen LogP contribution is 2.38. The molecule has 1 atom stereocenters. The van der Waals surface area contributed by atoms with Crippen molar-refractivity contribution >= 4 is 16.7 Å². The van der Waals surface area contributed by atoms with Crippen molar-refractivity contribution in [2.75, 3.05) is 19.8 Å². The summed E-state index contributed by atoms with van der Waals surface area (Å²) in [6.07, 6.45) is 2.88. The molecule has 0 N–H and O–H groups in total. The van der Waals surface area contributed by atoms with Gasteiger partial charge in [-0.25, -0.2) is 4.68 Å². The number of aryl methyl sites for hydroxylation is 1. The van der Waals surface area contributed by atoms with Gasteiger partial charge in [0.2, 0.25) is 5.91 Å². The third-order valence-electron chi connectivity index (χ3n) is 6.08. The van der Waals surface area contributed by atoms with Crippen LogP contribution in [0.1, 0.15) is 36.6 Å². The Morgan fingerprint density at radius 1 is 1.06 bits per heavy atom. The molecule has 0 bridgehead atoms. The third-order valence-corrected chi connectivity index (χ3v) is 6.08. The van der Waals surface area contributed by atoms with Crippen LogP contribution in [0.5, 0.6) is 11.5 Å². The van der Waals surface area contributed by atoms with E-state index in [9.17, 15) is 9.59 Å². The number of benzene rings is 2. The number of hydrogen-bond donors (Lipinski definition) is 0. The molecule has 1 saturated heterocycles. The Bertz CT molecular complexity index is 1200. The van der Waals surface area contributed by atoms with Crippen LogP contribution in [0, 0.1) is 0 Å². The molecule has 160 valence electrons. The number of amides is 1. The maximum Gasteiger partial charge on any atom is 0.274 e. The van der Waals surface area contributed by atoms with Crippen LogP contribution in [0.4, 0.5) is 0 Å². The van der Waals surface area contributed by atoms with Crippen LogP contribution in [0.15, 0.2) is 47.3 Å². The van der Waals surface area contributed by atoms with E-state index >= 15 is 0 Å². The summed E-state index contributed by atoms with van der Waals surface area (Å²) >= 11 is 0. The molecule has 2 aliphatic heterocycles. The van der Waals surface area contributed by atoms with Crippen LogP contribution in [0.3, 0.4) is 0 Å². The van der Waals surface area contributed by atoms with Crippen LogP contribution in [0.2, 0.25) is 0 Å². The second kappa shape index (κ2) is 8.06. The van der Waals surface area contributed by atoms with Gasteiger partial charge in [0.15, 0.2) is 11.5 Å². The first kappa shape index (κ1) is 19.6. The second-order valence-corrected chi connectivity index (χ2v) is 8.10. The lowest BCUT2D eigenvalue weighted by atomic mass is 10.0. The normalized spacial score (nSPS) is 18.2. The minimum atomic E-state index is -0.155. The number of ether oxygens (including phenoxy) is 2. The number of rotatable bonds is 3. The number of nitrogens with zero attached hydrogens (tertiary/aromatic N) is 3. The standard InChI is InChI=1S/C24H25N3O4/c1-26-24(29)18-7-3-2-6-17(18)19(25-26)15-23(28)27-11-4-8-20(27)16-9-10-21-22(14-16)31-13-5-12-30-21/h2-3,6-7,9-10,14,20H,4-5,8,11-13,15H2,1H3. The Morgan fingerprint density at radius 2 is 1.84 bits per heavy atom. The van der Waals surface area contributed by atoms with E-state index in [2.05, 4.69) is 5.10 Å². The van der Waals surface area contributed by atoms with Crippen LogP contribution in [0.25, 0.3) is 10.8 Å². The molecule has 1 unspecified atom stereocenters. The monoisotopic (exact) mass is 419 g/mol. The van der Waals surface area contributed by atoms with Crippen molar-refractivity contribution in [1.29, 1.82) is 0 Å². The van der Waals surface area contributed by atoms with Gasteiger partial charge in [-0.1, -0.05) is 24.3 Å². The Kier molecular flexibility index (Phi) is 5.10. The van der Waals surface area contributed by atoms with E-state index in [-0.39, 0.29) is 23.9 Å². The van der Waals surface area contributed by atoms with Gasteiger partial charge in [0.1, 0.15) is 0 Å².